The van der Waals surface area contributed by atoms with Crippen LogP contribution in [0.3, 0.4) is 0 Å². The number of aromatic nitrogens is 1. The van der Waals surface area contributed by atoms with Crippen LogP contribution in [0, 0.1) is 6.92 Å². The lowest BCUT2D eigenvalue weighted by Crippen LogP contribution is -2.20. The second-order valence-electron chi connectivity index (χ2n) is 6.27. The maximum absolute atomic E-state index is 12.9. The SMILES string of the molecule is CCOCCn1c(=NC(=O)c2cc(OC)cc(OC)c2)sc2ccc(Cl)c(C)c21. The molecule has 29 heavy (non-hydrogen) atoms. The standard InChI is InChI=1S/C21H23ClN2O4S/c1-5-28-9-8-24-19-13(2)17(22)6-7-18(19)29-21(24)23-20(25)14-10-15(26-3)12-16(11-14)27-4/h6-7,10-12H,5,8-9H2,1-4H3. The van der Waals surface area contributed by atoms with E-state index in [-0.39, 0.29) is 5.91 Å². The summed E-state index contributed by atoms with van der Waals surface area (Å²) in [5.74, 6) is 0.694. The lowest BCUT2D eigenvalue weighted by atomic mass is 10.2. The minimum absolute atomic E-state index is 0.373. The number of methoxy groups -OCH3 is 2. The molecule has 0 aliphatic rings. The van der Waals surface area contributed by atoms with Crippen LogP contribution in [0.1, 0.15) is 22.8 Å². The highest BCUT2D eigenvalue weighted by atomic mass is 35.5. The van der Waals surface area contributed by atoms with E-state index in [1.54, 1.807) is 32.4 Å². The van der Waals surface area contributed by atoms with Gasteiger partial charge in [0.25, 0.3) is 5.91 Å². The Morgan fingerprint density at radius 1 is 1.17 bits per heavy atom. The third-order valence-corrected chi connectivity index (χ3v) is 5.94. The first-order valence-electron chi connectivity index (χ1n) is 9.16. The van der Waals surface area contributed by atoms with E-state index in [4.69, 9.17) is 25.8 Å². The van der Waals surface area contributed by atoms with Gasteiger partial charge in [0.15, 0.2) is 4.80 Å². The molecule has 0 radical (unpaired) electrons. The van der Waals surface area contributed by atoms with E-state index in [0.717, 1.165) is 15.8 Å². The van der Waals surface area contributed by atoms with Gasteiger partial charge in [-0.1, -0.05) is 22.9 Å². The van der Waals surface area contributed by atoms with Gasteiger partial charge in [-0.3, -0.25) is 4.79 Å². The summed E-state index contributed by atoms with van der Waals surface area (Å²) in [4.78, 5) is 17.9. The molecule has 1 heterocycles. The summed E-state index contributed by atoms with van der Waals surface area (Å²) in [6, 6.07) is 8.82. The molecule has 0 spiro atoms. The van der Waals surface area contributed by atoms with Crippen LogP contribution in [-0.4, -0.2) is 37.9 Å². The monoisotopic (exact) mass is 434 g/mol. The van der Waals surface area contributed by atoms with E-state index in [0.29, 0.717) is 46.6 Å². The van der Waals surface area contributed by atoms with Gasteiger partial charge in [0.05, 0.1) is 31.0 Å². The highest BCUT2D eigenvalue weighted by Crippen LogP contribution is 2.27. The Morgan fingerprint density at radius 3 is 2.48 bits per heavy atom. The molecule has 2 aromatic carbocycles. The Morgan fingerprint density at radius 2 is 1.86 bits per heavy atom. The van der Waals surface area contributed by atoms with Crippen molar-refractivity contribution < 1.29 is 19.0 Å². The largest absolute Gasteiger partial charge is 0.497 e. The van der Waals surface area contributed by atoms with Crippen molar-refractivity contribution in [2.24, 2.45) is 4.99 Å². The van der Waals surface area contributed by atoms with Crippen molar-refractivity contribution in [2.45, 2.75) is 20.4 Å². The third-order valence-electron chi connectivity index (χ3n) is 4.49. The Kier molecular flexibility index (Phi) is 6.95. The number of hydrogen-bond donors (Lipinski definition) is 0. The van der Waals surface area contributed by atoms with Crippen molar-refractivity contribution in [1.82, 2.24) is 4.57 Å². The molecule has 6 nitrogen and oxygen atoms in total. The number of carbonyl (C=O) groups excluding carboxylic acids is 1. The number of halogens is 1. The van der Waals surface area contributed by atoms with Crippen LogP contribution in [0.2, 0.25) is 5.02 Å². The first-order valence-corrected chi connectivity index (χ1v) is 10.4. The molecular weight excluding hydrogens is 412 g/mol. The van der Waals surface area contributed by atoms with Crippen molar-refractivity contribution in [3.05, 3.63) is 51.3 Å². The Hall–Kier alpha value is -2.35. The van der Waals surface area contributed by atoms with Crippen molar-refractivity contribution in [3.63, 3.8) is 0 Å². The molecule has 0 saturated heterocycles. The van der Waals surface area contributed by atoms with Gasteiger partial charge in [0.1, 0.15) is 11.5 Å². The van der Waals surface area contributed by atoms with Crippen LogP contribution in [0.5, 0.6) is 11.5 Å². The number of amides is 1. The van der Waals surface area contributed by atoms with Crippen LogP contribution in [0.25, 0.3) is 10.2 Å². The van der Waals surface area contributed by atoms with Gasteiger partial charge in [0.2, 0.25) is 0 Å². The number of carbonyl (C=O) groups is 1. The summed E-state index contributed by atoms with van der Waals surface area (Å²) in [6.45, 7) is 5.62. The van der Waals surface area contributed by atoms with Crippen LogP contribution in [0.4, 0.5) is 0 Å². The molecule has 0 bridgehead atoms. The summed E-state index contributed by atoms with van der Waals surface area (Å²) in [5, 5.41) is 0.677. The number of hydrogen-bond acceptors (Lipinski definition) is 5. The van der Waals surface area contributed by atoms with Crippen molar-refractivity contribution in [3.8, 4) is 11.5 Å². The molecule has 8 heteroatoms. The Bertz CT molecular complexity index is 1080. The van der Waals surface area contributed by atoms with Gasteiger partial charge in [-0.25, -0.2) is 0 Å². The minimum atomic E-state index is -0.373. The lowest BCUT2D eigenvalue weighted by molar-refractivity contribution is 0.0996. The van der Waals surface area contributed by atoms with Crippen molar-refractivity contribution in [2.75, 3.05) is 27.4 Å². The molecule has 1 aromatic heterocycles. The summed E-state index contributed by atoms with van der Waals surface area (Å²) in [7, 11) is 3.08. The van der Waals surface area contributed by atoms with E-state index >= 15 is 0 Å². The van der Waals surface area contributed by atoms with E-state index in [1.807, 2.05) is 30.5 Å². The fourth-order valence-electron chi connectivity index (χ4n) is 2.99. The van der Waals surface area contributed by atoms with Crippen LogP contribution in [-0.2, 0) is 11.3 Å². The van der Waals surface area contributed by atoms with Gasteiger partial charge in [-0.15, -0.1) is 0 Å². The number of rotatable bonds is 7. The summed E-state index contributed by atoms with van der Waals surface area (Å²) in [6.07, 6.45) is 0. The van der Waals surface area contributed by atoms with Gasteiger partial charge in [-0.2, -0.15) is 4.99 Å². The summed E-state index contributed by atoms with van der Waals surface area (Å²) in [5.41, 5.74) is 2.32. The average Bonchev–Trinajstić information content (AvgIpc) is 3.08. The first kappa shape index (κ1) is 21.4. The van der Waals surface area contributed by atoms with E-state index in [9.17, 15) is 4.79 Å². The topological polar surface area (TPSA) is 62.1 Å². The van der Waals surface area contributed by atoms with Crippen LogP contribution < -0.4 is 14.3 Å². The van der Waals surface area contributed by atoms with Crippen LogP contribution >= 0.6 is 22.9 Å². The number of thiazole rings is 1. The van der Waals surface area contributed by atoms with Gasteiger partial charge < -0.3 is 18.8 Å². The molecule has 3 aromatic rings. The zero-order valence-electron chi connectivity index (χ0n) is 16.8. The molecule has 3 rings (SSSR count). The molecule has 154 valence electrons. The average molecular weight is 435 g/mol. The predicted molar refractivity (Wildman–Crippen MR) is 115 cm³/mol. The van der Waals surface area contributed by atoms with Gasteiger partial charge >= 0.3 is 0 Å². The zero-order valence-corrected chi connectivity index (χ0v) is 18.4. The Labute approximate surface area is 178 Å². The van der Waals surface area contributed by atoms with Gasteiger partial charge in [-0.05, 0) is 43.7 Å². The molecule has 0 aliphatic carbocycles. The normalized spacial score (nSPS) is 11.8. The molecule has 0 N–H and O–H groups in total. The third kappa shape index (κ3) is 4.63. The van der Waals surface area contributed by atoms with E-state index < -0.39 is 0 Å². The van der Waals surface area contributed by atoms with Gasteiger partial charge in [0, 0.05) is 29.8 Å². The maximum atomic E-state index is 12.9. The van der Waals surface area contributed by atoms with E-state index in [1.165, 1.54) is 11.3 Å². The minimum Gasteiger partial charge on any atom is -0.497 e. The quantitative estimate of drug-likeness (QED) is 0.515. The molecule has 0 saturated carbocycles. The predicted octanol–water partition coefficient (Wildman–Crippen LogP) is 4.46. The number of nitrogens with zero attached hydrogens (tertiary/aromatic N) is 2. The number of benzene rings is 2. The zero-order chi connectivity index (χ0) is 21.0. The second kappa shape index (κ2) is 9.43. The number of ether oxygens (including phenoxy) is 3. The molecule has 0 fully saturated rings. The van der Waals surface area contributed by atoms with Crippen molar-refractivity contribution in [1.29, 1.82) is 0 Å². The second-order valence-corrected chi connectivity index (χ2v) is 7.69. The fraction of sp³-hybridized carbons (Fsp3) is 0.333. The molecule has 0 unspecified atom stereocenters. The Balaban J connectivity index is 2.12. The maximum Gasteiger partial charge on any atom is 0.279 e. The fourth-order valence-corrected chi connectivity index (χ4v) is 4.26. The molecule has 0 atom stereocenters. The molecule has 1 amide bonds. The lowest BCUT2D eigenvalue weighted by Gasteiger charge is -2.08. The summed E-state index contributed by atoms with van der Waals surface area (Å²) >= 11 is 7.78. The first-order chi connectivity index (χ1) is 14.0. The van der Waals surface area contributed by atoms with Crippen molar-refractivity contribution >= 4 is 39.1 Å². The highest BCUT2D eigenvalue weighted by Gasteiger charge is 2.14. The number of fused-ring (bicyclic) bond motifs is 1. The van der Waals surface area contributed by atoms with Crippen LogP contribution in [0.15, 0.2) is 35.3 Å². The smallest absolute Gasteiger partial charge is 0.279 e. The number of aryl methyl sites for hydroxylation is 1. The highest BCUT2D eigenvalue weighted by molar-refractivity contribution is 7.16. The van der Waals surface area contributed by atoms with E-state index in [2.05, 4.69) is 4.99 Å². The molecule has 0 aliphatic heterocycles. The summed E-state index contributed by atoms with van der Waals surface area (Å²) < 4.78 is 19.0. The molecular formula is C21H23ClN2O4S.